The van der Waals surface area contributed by atoms with Gasteiger partial charge in [0.25, 0.3) is 5.22 Å². The summed E-state index contributed by atoms with van der Waals surface area (Å²) in [5, 5.41) is 4.26. The summed E-state index contributed by atoms with van der Waals surface area (Å²) in [7, 11) is 0. The first kappa shape index (κ1) is 20.9. The summed E-state index contributed by atoms with van der Waals surface area (Å²) >= 11 is 13.3. The lowest BCUT2D eigenvalue weighted by atomic mass is 9.48. The van der Waals surface area contributed by atoms with Crippen molar-refractivity contribution in [2.45, 2.75) is 49.2 Å². The zero-order valence-electron chi connectivity index (χ0n) is 17.6. The smallest absolute Gasteiger partial charge is 0.257 e. The molecule has 166 valence electrons. The minimum absolute atomic E-state index is 0.171. The zero-order chi connectivity index (χ0) is 21.9. The van der Waals surface area contributed by atoms with E-state index >= 15 is 0 Å². The van der Waals surface area contributed by atoms with Crippen molar-refractivity contribution in [3.8, 4) is 0 Å². The molecule has 0 saturated heterocycles. The van der Waals surface area contributed by atoms with Gasteiger partial charge in [-0.1, -0.05) is 41.0 Å². The second-order valence-corrected chi connectivity index (χ2v) is 11.6. The van der Waals surface area contributed by atoms with Crippen LogP contribution >= 0.6 is 35.0 Å². The number of anilines is 1. The fourth-order valence-corrected chi connectivity index (χ4v) is 7.76. The summed E-state index contributed by atoms with van der Waals surface area (Å²) < 4.78 is 5.91. The van der Waals surface area contributed by atoms with Gasteiger partial charge in [0.15, 0.2) is 5.58 Å². The largest absolute Gasteiger partial charge is 0.431 e. The van der Waals surface area contributed by atoms with Crippen molar-refractivity contribution < 1.29 is 9.21 Å². The van der Waals surface area contributed by atoms with E-state index in [0.29, 0.717) is 26.4 Å². The quantitative estimate of drug-likeness (QED) is 0.383. The number of hydrogen-bond donors (Lipinski definition) is 1. The van der Waals surface area contributed by atoms with Gasteiger partial charge in [-0.25, -0.2) is 4.98 Å². The van der Waals surface area contributed by atoms with E-state index in [1.54, 1.807) is 18.2 Å². The summed E-state index contributed by atoms with van der Waals surface area (Å²) in [6.07, 6.45) is 8.31. The SMILES string of the molecule is O=C(CSc1nc2cc(C34CC5CC(CC(C5)C3)C4)ccc2o1)Nc1ccc(Cl)cc1Cl. The molecule has 2 aromatic carbocycles. The molecule has 7 heteroatoms. The predicted octanol–water partition coefficient (Wildman–Crippen LogP) is 7.33. The van der Waals surface area contributed by atoms with E-state index in [9.17, 15) is 4.79 Å². The van der Waals surface area contributed by atoms with Gasteiger partial charge in [-0.3, -0.25) is 4.79 Å². The van der Waals surface area contributed by atoms with Gasteiger partial charge in [0.05, 0.1) is 16.5 Å². The number of carbonyl (C=O) groups is 1. The van der Waals surface area contributed by atoms with Crippen LogP contribution in [0.15, 0.2) is 46.0 Å². The molecule has 0 radical (unpaired) electrons. The third kappa shape index (κ3) is 3.82. The average molecular weight is 487 g/mol. The molecule has 32 heavy (non-hydrogen) atoms. The molecule has 1 N–H and O–H groups in total. The lowest BCUT2D eigenvalue weighted by molar-refractivity contribution is -0.113. The molecule has 7 rings (SSSR count). The van der Waals surface area contributed by atoms with Gasteiger partial charge in [0.2, 0.25) is 5.91 Å². The Hall–Kier alpha value is -1.69. The van der Waals surface area contributed by atoms with Gasteiger partial charge in [0.1, 0.15) is 5.52 Å². The van der Waals surface area contributed by atoms with Crippen LogP contribution in [0.1, 0.15) is 44.1 Å². The van der Waals surface area contributed by atoms with E-state index < -0.39 is 0 Å². The highest BCUT2D eigenvalue weighted by Crippen LogP contribution is 2.60. The summed E-state index contributed by atoms with van der Waals surface area (Å²) in [6, 6.07) is 11.5. The number of aromatic nitrogens is 1. The average Bonchev–Trinajstić information content (AvgIpc) is 3.16. The van der Waals surface area contributed by atoms with Crippen LogP contribution in [0.4, 0.5) is 5.69 Å². The number of carbonyl (C=O) groups excluding carboxylic acids is 1. The number of nitrogens with zero attached hydrogens (tertiary/aromatic N) is 1. The van der Waals surface area contributed by atoms with Gasteiger partial charge in [0, 0.05) is 5.02 Å². The van der Waals surface area contributed by atoms with Crippen LogP contribution in [0.3, 0.4) is 0 Å². The topological polar surface area (TPSA) is 55.1 Å². The summed E-state index contributed by atoms with van der Waals surface area (Å²) in [6.45, 7) is 0. The Labute approximate surface area is 201 Å². The number of amides is 1. The van der Waals surface area contributed by atoms with Gasteiger partial charge < -0.3 is 9.73 Å². The van der Waals surface area contributed by atoms with Crippen LogP contribution in [-0.2, 0) is 10.2 Å². The molecule has 0 atom stereocenters. The van der Waals surface area contributed by atoms with Crippen molar-refractivity contribution in [2.24, 2.45) is 17.8 Å². The molecule has 1 heterocycles. The Morgan fingerprint density at radius 2 is 1.78 bits per heavy atom. The molecule has 4 nitrogen and oxygen atoms in total. The standard InChI is InChI=1S/C25H24Cl2N2O2S/c26-18-2-3-20(19(27)9-18)28-23(30)13-32-24-29-21-8-17(1-4-22(21)31-24)25-10-14-5-15(11-25)7-16(6-14)12-25/h1-4,8-9,14-16H,5-7,10-13H2,(H,28,30). The monoisotopic (exact) mass is 486 g/mol. The second kappa shape index (κ2) is 7.96. The Bertz CT molecular complexity index is 1170. The predicted molar refractivity (Wildman–Crippen MR) is 130 cm³/mol. The summed E-state index contributed by atoms with van der Waals surface area (Å²) in [5.74, 6) is 2.75. The zero-order valence-corrected chi connectivity index (χ0v) is 19.9. The Balaban J connectivity index is 1.16. The number of fused-ring (bicyclic) bond motifs is 1. The number of oxazole rings is 1. The van der Waals surface area contributed by atoms with Crippen LogP contribution in [0.2, 0.25) is 10.0 Å². The van der Waals surface area contributed by atoms with Crippen LogP contribution < -0.4 is 5.32 Å². The van der Waals surface area contributed by atoms with E-state index in [1.165, 1.54) is 55.9 Å². The Morgan fingerprint density at radius 1 is 1.06 bits per heavy atom. The highest BCUT2D eigenvalue weighted by Gasteiger charge is 2.51. The molecule has 4 bridgehead atoms. The molecular formula is C25H24Cl2N2O2S. The third-order valence-electron chi connectivity index (χ3n) is 7.55. The number of hydrogen-bond acceptors (Lipinski definition) is 4. The van der Waals surface area contributed by atoms with Crippen molar-refractivity contribution in [3.05, 3.63) is 52.0 Å². The maximum atomic E-state index is 12.4. The number of halogens is 2. The molecule has 4 aliphatic rings. The molecule has 0 spiro atoms. The van der Waals surface area contributed by atoms with Crippen LogP contribution in [-0.4, -0.2) is 16.6 Å². The number of nitrogens with one attached hydrogen (secondary N) is 1. The molecule has 0 unspecified atom stereocenters. The van der Waals surface area contributed by atoms with Crippen molar-refractivity contribution in [3.63, 3.8) is 0 Å². The maximum absolute atomic E-state index is 12.4. The van der Waals surface area contributed by atoms with Crippen molar-refractivity contribution in [1.82, 2.24) is 4.98 Å². The highest BCUT2D eigenvalue weighted by atomic mass is 35.5. The lowest BCUT2D eigenvalue weighted by Gasteiger charge is -2.57. The van der Waals surface area contributed by atoms with E-state index in [4.69, 9.17) is 27.6 Å². The van der Waals surface area contributed by atoms with Gasteiger partial charge in [-0.05, 0) is 97.6 Å². The second-order valence-electron chi connectivity index (χ2n) is 9.82. The van der Waals surface area contributed by atoms with Gasteiger partial charge >= 0.3 is 0 Å². The molecule has 0 aliphatic heterocycles. The molecule has 3 aromatic rings. The molecule has 1 amide bonds. The molecule has 4 fully saturated rings. The summed E-state index contributed by atoms with van der Waals surface area (Å²) in [4.78, 5) is 17.0. The maximum Gasteiger partial charge on any atom is 0.257 e. The molecule has 4 saturated carbocycles. The number of rotatable bonds is 5. The van der Waals surface area contributed by atoms with Crippen LogP contribution in [0.5, 0.6) is 0 Å². The van der Waals surface area contributed by atoms with Crippen molar-refractivity contribution in [1.29, 1.82) is 0 Å². The van der Waals surface area contributed by atoms with E-state index in [0.717, 1.165) is 28.9 Å². The Morgan fingerprint density at radius 3 is 2.47 bits per heavy atom. The first-order valence-corrected chi connectivity index (χ1v) is 13.0. The third-order valence-corrected chi connectivity index (χ3v) is 8.93. The van der Waals surface area contributed by atoms with E-state index in [1.807, 2.05) is 0 Å². The minimum atomic E-state index is -0.171. The van der Waals surface area contributed by atoms with Crippen LogP contribution in [0.25, 0.3) is 11.1 Å². The van der Waals surface area contributed by atoms with Crippen LogP contribution in [0, 0.1) is 17.8 Å². The lowest BCUT2D eigenvalue weighted by Crippen LogP contribution is -2.48. The van der Waals surface area contributed by atoms with Gasteiger partial charge in [-0.15, -0.1) is 0 Å². The van der Waals surface area contributed by atoms with E-state index in [2.05, 4.69) is 28.5 Å². The minimum Gasteiger partial charge on any atom is -0.431 e. The fraction of sp³-hybridized carbons (Fsp3) is 0.440. The van der Waals surface area contributed by atoms with E-state index in [-0.39, 0.29) is 11.7 Å². The van der Waals surface area contributed by atoms with Crippen molar-refractivity contribution >= 4 is 57.7 Å². The molecule has 1 aromatic heterocycles. The summed E-state index contributed by atoms with van der Waals surface area (Å²) in [5.41, 5.74) is 3.99. The first-order chi connectivity index (χ1) is 15.5. The van der Waals surface area contributed by atoms with Crippen molar-refractivity contribution in [2.75, 3.05) is 11.1 Å². The van der Waals surface area contributed by atoms with Gasteiger partial charge in [-0.2, -0.15) is 0 Å². The first-order valence-electron chi connectivity index (χ1n) is 11.2. The fourth-order valence-electron chi connectivity index (χ4n) is 6.67. The Kier molecular flexibility index (Phi) is 5.20. The normalized spacial score (nSPS) is 28.4. The molecule has 4 aliphatic carbocycles. The highest BCUT2D eigenvalue weighted by molar-refractivity contribution is 7.99. The number of benzene rings is 2. The number of thioether (sulfide) groups is 1. The molecular weight excluding hydrogens is 463 g/mol.